The molecule has 0 radical (unpaired) electrons. The number of anilines is 1. The number of rotatable bonds is 10. The highest BCUT2D eigenvalue weighted by molar-refractivity contribution is 7.92. The minimum absolute atomic E-state index is 0.0839. The molecule has 10 heteroatoms. The number of hydrogen-bond acceptors (Lipinski definition) is 7. The minimum Gasteiger partial charge on any atom is -0.396 e. The van der Waals surface area contributed by atoms with Crippen LogP contribution in [0.2, 0.25) is 0 Å². The molecule has 2 aliphatic carbocycles. The van der Waals surface area contributed by atoms with Crippen LogP contribution in [0.4, 0.5) is 5.82 Å². The van der Waals surface area contributed by atoms with E-state index in [1.54, 1.807) is 18.2 Å². The number of aromatic nitrogens is 2. The van der Waals surface area contributed by atoms with E-state index in [4.69, 9.17) is 23.1 Å². The van der Waals surface area contributed by atoms with E-state index < -0.39 is 14.6 Å². The molecule has 0 saturated heterocycles. The number of nitrogens with two attached hydrogens (primary N) is 1. The van der Waals surface area contributed by atoms with Gasteiger partial charge >= 0.3 is 0 Å². The van der Waals surface area contributed by atoms with E-state index in [0.717, 1.165) is 19.3 Å². The van der Waals surface area contributed by atoms with Crippen LogP contribution in [0.3, 0.4) is 0 Å². The van der Waals surface area contributed by atoms with Gasteiger partial charge in [-0.25, -0.2) is 18.4 Å². The number of hydrogen-bond donors (Lipinski definition) is 4. The number of nitrogens with one attached hydrogen (secondary N) is 2. The van der Waals surface area contributed by atoms with Crippen molar-refractivity contribution >= 4 is 38.6 Å². The van der Waals surface area contributed by atoms with Crippen molar-refractivity contribution in [2.24, 2.45) is 0 Å². The van der Waals surface area contributed by atoms with Gasteiger partial charge in [0.1, 0.15) is 10.6 Å². The first-order valence-electron chi connectivity index (χ1n) is 10.8. The fourth-order valence-electron chi connectivity index (χ4n) is 3.63. The maximum absolute atomic E-state index is 13.1. The van der Waals surface area contributed by atoms with E-state index in [9.17, 15) is 8.42 Å². The second kappa shape index (κ2) is 10.1. The maximum Gasteiger partial charge on any atom is 0.170 e. The molecule has 32 heavy (non-hydrogen) atoms. The summed E-state index contributed by atoms with van der Waals surface area (Å²) in [6.07, 6.45) is 9.62. The molecule has 0 aromatic carbocycles. The number of thiocarbonyl (C=S) groups is 1. The molecule has 2 saturated carbocycles. The van der Waals surface area contributed by atoms with Crippen molar-refractivity contribution in [3.8, 4) is 0 Å². The van der Waals surface area contributed by atoms with E-state index in [1.807, 2.05) is 13.0 Å². The fourth-order valence-corrected chi connectivity index (χ4v) is 6.16. The molecule has 1 aromatic heterocycles. The summed E-state index contributed by atoms with van der Waals surface area (Å²) in [6, 6.07) is 2.00. The van der Waals surface area contributed by atoms with E-state index in [0.29, 0.717) is 46.8 Å². The van der Waals surface area contributed by atoms with Gasteiger partial charge in [0, 0.05) is 30.0 Å². The quantitative estimate of drug-likeness (QED) is 0.296. The summed E-state index contributed by atoms with van der Waals surface area (Å²) in [5, 5.41) is 15.9. The molecule has 2 fully saturated rings. The van der Waals surface area contributed by atoms with Crippen molar-refractivity contribution in [2.45, 2.75) is 56.2 Å². The third-order valence-electron chi connectivity index (χ3n) is 5.76. The Kier molecular flexibility index (Phi) is 7.68. The number of nitrogens with zero attached hydrogens (tertiary/aromatic N) is 2. The van der Waals surface area contributed by atoms with Gasteiger partial charge in [0.2, 0.25) is 0 Å². The van der Waals surface area contributed by atoms with E-state index in [2.05, 4.69) is 27.2 Å². The first-order chi connectivity index (χ1) is 15.2. The van der Waals surface area contributed by atoms with Gasteiger partial charge in [0.15, 0.2) is 20.8 Å². The Hall–Kier alpha value is -2.30. The Labute approximate surface area is 195 Å². The van der Waals surface area contributed by atoms with Crippen molar-refractivity contribution in [2.75, 3.05) is 18.1 Å². The molecule has 0 unspecified atom stereocenters. The lowest BCUT2D eigenvalue weighted by Gasteiger charge is -2.40. The van der Waals surface area contributed by atoms with E-state index >= 15 is 0 Å². The summed E-state index contributed by atoms with van der Waals surface area (Å²) < 4.78 is 25.1. The summed E-state index contributed by atoms with van der Waals surface area (Å²) in [5.41, 5.74) is 7.76. The summed E-state index contributed by atoms with van der Waals surface area (Å²) >= 11 is 5.26. The Morgan fingerprint density at radius 3 is 2.66 bits per heavy atom. The number of aliphatic hydroxyl groups is 1. The van der Waals surface area contributed by atoms with E-state index in [-0.39, 0.29) is 24.6 Å². The third kappa shape index (κ3) is 5.54. The van der Waals surface area contributed by atoms with Crippen molar-refractivity contribution in [1.29, 1.82) is 0 Å². The molecule has 2 aliphatic rings. The molecule has 0 amide bonds. The molecule has 3 rings (SSSR count). The second-order valence-electron chi connectivity index (χ2n) is 8.22. The second-order valence-corrected chi connectivity index (χ2v) is 11.0. The monoisotopic (exact) mass is 477 g/mol. The van der Waals surface area contributed by atoms with Gasteiger partial charge in [-0.2, -0.15) is 0 Å². The van der Waals surface area contributed by atoms with Gasteiger partial charge in [0.05, 0.1) is 11.4 Å². The molecule has 0 bridgehead atoms. The van der Waals surface area contributed by atoms with Gasteiger partial charge < -0.3 is 21.5 Å². The van der Waals surface area contributed by atoms with Crippen LogP contribution in [0.25, 0.3) is 5.57 Å². The van der Waals surface area contributed by atoms with Crippen LogP contribution in [0.5, 0.6) is 0 Å². The number of allylic oxidation sites excluding steroid dienone is 4. The Morgan fingerprint density at radius 1 is 1.38 bits per heavy atom. The number of aliphatic hydroxyl groups excluding tert-OH is 1. The molecular weight excluding hydrogens is 446 g/mol. The molecule has 1 heterocycles. The van der Waals surface area contributed by atoms with Crippen molar-refractivity contribution in [1.82, 2.24) is 20.6 Å². The maximum atomic E-state index is 13.1. The van der Waals surface area contributed by atoms with Crippen LogP contribution in [-0.2, 0) is 14.6 Å². The highest BCUT2D eigenvalue weighted by Crippen LogP contribution is 2.48. The summed E-state index contributed by atoms with van der Waals surface area (Å²) in [6.45, 7) is 5.64. The van der Waals surface area contributed by atoms with Crippen LogP contribution in [-0.4, -0.2) is 47.0 Å². The highest BCUT2D eigenvalue weighted by Gasteiger charge is 2.51. The smallest absolute Gasteiger partial charge is 0.170 e. The lowest BCUT2D eigenvalue weighted by atomic mass is 9.81. The Balaban J connectivity index is 1.81. The lowest BCUT2D eigenvalue weighted by molar-refractivity contribution is 0.292. The zero-order valence-corrected chi connectivity index (χ0v) is 19.9. The zero-order chi connectivity index (χ0) is 23.4. The van der Waals surface area contributed by atoms with Gasteiger partial charge in [0.25, 0.3) is 0 Å². The predicted molar refractivity (Wildman–Crippen MR) is 131 cm³/mol. The first-order valence-corrected chi connectivity index (χ1v) is 12.9. The Morgan fingerprint density at radius 2 is 2.09 bits per heavy atom. The normalized spacial score (nSPS) is 18.2. The van der Waals surface area contributed by atoms with Crippen LogP contribution in [0.15, 0.2) is 36.6 Å². The van der Waals surface area contributed by atoms with Crippen LogP contribution in [0.1, 0.15) is 57.0 Å². The summed E-state index contributed by atoms with van der Waals surface area (Å²) in [5.74, 6) is 0.487. The predicted octanol–water partition coefficient (Wildman–Crippen LogP) is 2.33. The van der Waals surface area contributed by atoms with Gasteiger partial charge in [-0.15, -0.1) is 0 Å². The standard InChI is InChI=1S/C22H31N5O3S2/c1-3-16(7-6-15(2)24-21(31)25-17-8-9-17)20-26-18(14-19(23)27-20)22(10-4-11-22)32(29,30)13-5-12-28/h3,6-7,14,17,28H,2,4-5,8-13H2,1H3,(H2,23,26,27)(H2,24,25,31)/b7-6-,16-3+. The molecular formula is C22H31N5O3S2. The fraction of sp³-hybridized carbons (Fsp3) is 0.500. The third-order valence-corrected chi connectivity index (χ3v) is 8.61. The molecule has 0 atom stereocenters. The van der Waals surface area contributed by atoms with Crippen molar-refractivity contribution in [3.63, 3.8) is 0 Å². The summed E-state index contributed by atoms with van der Waals surface area (Å²) in [7, 11) is -3.50. The molecule has 0 aliphatic heterocycles. The SMILES string of the molecule is C=C(/C=C\C(=C/C)c1nc(N)cc(C2(S(=O)(=O)CCCO)CCC2)n1)NC(=S)NC1CC1. The zero-order valence-electron chi connectivity index (χ0n) is 18.3. The number of sulfone groups is 1. The van der Waals surface area contributed by atoms with Crippen LogP contribution >= 0.6 is 12.2 Å². The topological polar surface area (TPSA) is 130 Å². The molecule has 5 N–H and O–H groups in total. The average molecular weight is 478 g/mol. The largest absolute Gasteiger partial charge is 0.396 e. The first kappa shape index (κ1) is 24.3. The highest BCUT2D eigenvalue weighted by atomic mass is 32.2. The molecule has 1 aromatic rings. The summed E-state index contributed by atoms with van der Waals surface area (Å²) in [4.78, 5) is 8.95. The molecule has 174 valence electrons. The minimum atomic E-state index is -3.50. The van der Waals surface area contributed by atoms with Gasteiger partial charge in [-0.1, -0.05) is 12.7 Å². The van der Waals surface area contributed by atoms with E-state index in [1.165, 1.54) is 0 Å². The van der Waals surface area contributed by atoms with Crippen molar-refractivity contribution < 1.29 is 13.5 Å². The lowest BCUT2D eigenvalue weighted by Crippen LogP contribution is -2.44. The van der Waals surface area contributed by atoms with Gasteiger partial charge in [-0.3, -0.25) is 0 Å². The molecule has 8 nitrogen and oxygen atoms in total. The number of nitrogen functional groups attached to an aromatic ring is 1. The average Bonchev–Trinajstić information content (AvgIpc) is 3.49. The van der Waals surface area contributed by atoms with Gasteiger partial charge in [-0.05, 0) is 69.8 Å². The van der Waals surface area contributed by atoms with Crippen molar-refractivity contribution in [3.05, 3.63) is 48.1 Å². The van der Waals surface area contributed by atoms with Crippen LogP contribution < -0.4 is 16.4 Å². The van der Waals surface area contributed by atoms with Crippen LogP contribution in [0, 0.1) is 0 Å². The molecule has 0 spiro atoms. The Bertz CT molecular complexity index is 1040.